The van der Waals surface area contributed by atoms with Gasteiger partial charge in [0, 0.05) is 17.9 Å². The molecule has 1 fully saturated rings. The molecule has 0 N–H and O–H groups in total. The highest BCUT2D eigenvalue weighted by Crippen LogP contribution is 2.39. The lowest BCUT2D eigenvalue weighted by Gasteiger charge is -2.28. The zero-order valence-corrected chi connectivity index (χ0v) is 13.5. The summed E-state index contributed by atoms with van der Waals surface area (Å²) < 4.78 is 0. The van der Waals surface area contributed by atoms with E-state index in [0.29, 0.717) is 6.04 Å². The van der Waals surface area contributed by atoms with E-state index in [-0.39, 0.29) is 0 Å². The molecular weight excluding hydrogens is 310 g/mol. The van der Waals surface area contributed by atoms with Gasteiger partial charge in [0.25, 0.3) is 0 Å². The number of para-hydroxylation sites is 1. The predicted molar refractivity (Wildman–Crippen MR) is 83.9 cm³/mol. The molecule has 1 nitrogen and oxygen atoms in total. The van der Waals surface area contributed by atoms with E-state index in [1.54, 1.807) is 0 Å². The first-order valence-corrected chi connectivity index (χ1v) is 8.23. The fourth-order valence-corrected chi connectivity index (χ4v) is 3.01. The van der Waals surface area contributed by atoms with Gasteiger partial charge in [-0.05, 0) is 36.8 Å². The molecule has 1 aromatic rings. The molecule has 0 bridgehead atoms. The number of benzene rings is 1. The van der Waals surface area contributed by atoms with Crippen LogP contribution in [0, 0.1) is 5.92 Å². The predicted octanol–water partition coefficient (Wildman–Crippen LogP) is 5.25. The molecule has 100 valence electrons. The van der Waals surface area contributed by atoms with E-state index in [1.165, 1.54) is 30.5 Å². The van der Waals surface area contributed by atoms with E-state index in [0.717, 1.165) is 22.8 Å². The lowest BCUT2D eigenvalue weighted by atomic mass is 10.1. The molecule has 1 saturated carbocycles. The standard InChI is InChI=1S/C15H21BrClN/c1-11(2)8-9-18(13-6-7-13)15-12(10-16)4-3-5-14(15)17/h3-5,11,13H,6-10H2,1-2H3. The SMILES string of the molecule is CC(C)CCN(c1c(Cl)cccc1CBr)C1CC1. The zero-order valence-electron chi connectivity index (χ0n) is 11.1. The first-order chi connectivity index (χ1) is 8.63. The van der Waals surface area contributed by atoms with Crippen LogP contribution in [0.4, 0.5) is 5.69 Å². The molecule has 0 radical (unpaired) electrons. The van der Waals surface area contributed by atoms with E-state index < -0.39 is 0 Å². The van der Waals surface area contributed by atoms with Gasteiger partial charge in [0.05, 0.1) is 10.7 Å². The van der Waals surface area contributed by atoms with Crippen molar-refractivity contribution in [3.05, 3.63) is 28.8 Å². The second kappa shape index (κ2) is 6.29. The molecule has 0 spiro atoms. The van der Waals surface area contributed by atoms with E-state index in [2.05, 4.69) is 40.7 Å². The average molecular weight is 331 g/mol. The fraction of sp³-hybridized carbons (Fsp3) is 0.600. The number of halogens is 2. The van der Waals surface area contributed by atoms with Crippen molar-refractivity contribution in [3.8, 4) is 0 Å². The van der Waals surface area contributed by atoms with Crippen LogP contribution in [0.1, 0.15) is 38.7 Å². The van der Waals surface area contributed by atoms with Gasteiger partial charge in [-0.3, -0.25) is 0 Å². The van der Waals surface area contributed by atoms with Crippen molar-refractivity contribution in [2.75, 3.05) is 11.4 Å². The first-order valence-electron chi connectivity index (χ1n) is 6.73. The summed E-state index contributed by atoms with van der Waals surface area (Å²) in [5.41, 5.74) is 2.55. The van der Waals surface area contributed by atoms with Gasteiger partial charge in [-0.1, -0.05) is 53.5 Å². The maximum absolute atomic E-state index is 6.43. The van der Waals surface area contributed by atoms with Crippen LogP contribution in [0.3, 0.4) is 0 Å². The smallest absolute Gasteiger partial charge is 0.0642 e. The maximum Gasteiger partial charge on any atom is 0.0642 e. The van der Waals surface area contributed by atoms with E-state index >= 15 is 0 Å². The monoisotopic (exact) mass is 329 g/mol. The molecule has 3 heteroatoms. The van der Waals surface area contributed by atoms with Gasteiger partial charge in [0.2, 0.25) is 0 Å². The van der Waals surface area contributed by atoms with Gasteiger partial charge in [-0.25, -0.2) is 0 Å². The maximum atomic E-state index is 6.43. The molecule has 0 unspecified atom stereocenters. The zero-order chi connectivity index (χ0) is 13.1. The highest BCUT2D eigenvalue weighted by molar-refractivity contribution is 9.08. The average Bonchev–Trinajstić information content (AvgIpc) is 3.15. The third-order valence-electron chi connectivity index (χ3n) is 3.44. The first kappa shape index (κ1) is 14.2. The molecule has 0 heterocycles. The van der Waals surface area contributed by atoms with Crippen molar-refractivity contribution in [2.45, 2.75) is 44.5 Å². The summed E-state index contributed by atoms with van der Waals surface area (Å²) in [6.07, 6.45) is 3.85. The number of anilines is 1. The van der Waals surface area contributed by atoms with E-state index in [1.807, 2.05) is 12.1 Å². The minimum absolute atomic E-state index is 0.710. The Kier molecular flexibility index (Phi) is 4.97. The molecule has 2 rings (SSSR count). The Hall–Kier alpha value is -0.210. The second-order valence-electron chi connectivity index (χ2n) is 5.49. The lowest BCUT2D eigenvalue weighted by molar-refractivity contribution is 0.570. The van der Waals surface area contributed by atoms with Crippen LogP contribution in [0.15, 0.2) is 18.2 Å². The normalized spacial score (nSPS) is 15.2. The van der Waals surface area contributed by atoms with Crippen LogP contribution in [0.2, 0.25) is 5.02 Å². The second-order valence-corrected chi connectivity index (χ2v) is 6.46. The van der Waals surface area contributed by atoms with Crippen molar-refractivity contribution in [2.24, 2.45) is 5.92 Å². The number of hydrogen-bond donors (Lipinski definition) is 0. The van der Waals surface area contributed by atoms with Crippen molar-refractivity contribution in [3.63, 3.8) is 0 Å². The molecule has 0 atom stereocenters. The van der Waals surface area contributed by atoms with Crippen LogP contribution in [0.5, 0.6) is 0 Å². The summed E-state index contributed by atoms with van der Waals surface area (Å²) in [7, 11) is 0. The molecule has 1 aliphatic carbocycles. The molecule has 18 heavy (non-hydrogen) atoms. The molecule has 0 amide bonds. The summed E-state index contributed by atoms with van der Waals surface area (Å²) in [6.45, 7) is 5.68. The Bertz CT molecular complexity index is 401. The minimum atomic E-state index is 0.710. The molecule has 0 aromatic heterocycles. The topological polar surface area (TPSA) is 3.24 Å². The lowest BCUT2D eigenvalue weighted by Crippen LogP contribution is -2.29. The largest absolute Gasteiger partial charge is 0.367 e. The molecule has 0 saturated heterocycles. The van der Waals surface area contributed by atoms with Gasteiger partial charge in [0.15, 0.2) is 0 Å². The fourth-order valence-electron chi connectivity index (χ4n) is 2.25. The van der Waals surface area contributed by atoms with Crippen molar-refractivity contribution >= 4 is 33.2 Å². The highest BCUT2D eigenvalue weighted by atomic mass is 79.9. The highest BCUT2D eigenvalue weighted by Gasteiger charge is 2.31. The summed E-state index contributed by atoms with van der Waals surface area (Å²) in [6, 6.07) is 6.92. The quantitative estimate of drug-likeness (QED) is 0.644. The Labute approximate surface area is 124 Å². The molecule has 1 aromatic carbocycles. The summed E-state index contributed by atoms with van der Waals surface area (Å²) in [5.74, 6) is 0.737. The Morgan fingerprint density at radius 3 is 2.67 bits per heavy atom. The van der Waals surface area contributed by atoms with Crippen molar-refractivity contribution in [1.29, 1.82) is 0 Å². The molecule has 0 aliphatic heterocycles. The minimum Gasteiger partial charge on any atom is -0.367 e. The Balaban J connectivity index is 2.24. The van der Waals surface area contributed by atoms with Crippen LogP contribution in [-0.2, 0) is 5.33 Å². The van der Waals surface area contributed by atoms with Gasteiger partial charge in [-0.2, -0.15) is 0 Å². The number of hydrogen-bond acceptors (Lipinski definition) is 1. The summed E-state index contributed by atoms with van der Waals surface area (Å²) >= 11 is 10.0. The number of nitrogens with zero attached hydrogens (tertiary/aromatic N) is 1. The van der Waals surface area contributed by atoms with E-state index in [4.69, 9.17) is 11.6 Å². The molecule has 1 aliphatic rings. The van der Waals surface area contributed by atoms with Crippen LogP contribution in [0.25, 0.3) is 0 Å². The number of rotatable bonds is 6. The summed E-state index contributed by atoms with van der Waals surface area (Å²) in [4.78, 5) is 2.53. The van der Waals surface area contributed by atoms with Gasteiger partial charge >= 0.3 is 0 Å². The van der Waals surface area contributed by atoms with E-state index in [9.17, 15) is 0 Å². The number of alkyl halides is 1. The summed E-state index contributed by atoms with van der Waals surface area (Å²) in [5, 5.41) is 1.76. The van der Waals surface area contributed by atoms with Crippen LogP contribution >= 0.6 is 27.5 Å². The van der Waals surface area contributed by atoms with Gasteiger partial charge in [-0.15, -0.1) is 0 Å². The third-order valence-corrected chi connectivity index (χ3v) is 4.35. The Morgan fingerprint density at radius 2 is 2.11 bits per heavy atom. The van der Waals surface area contributed by atoms with Crippen LogP contribution in [-0.4, -0.2) is 12.6 Å². The Morgan fingerprint density at radius 1 is 1.39 bits per heavy atom. The van der Waals surface area contributed by atoms with Crippen molar-refractivity contribution < 1.29 is 0 Å². The third kappa shape index (κ3) is 3.42. The van der Waals surface area contributed by atoms with Gasteiger partial charge in [0.1, 0.15) is 0 Å². The van der Waals surface area contributed by atoms with Crippen LogP contribution < -0.4 is 4.90 Å². The van der Waals surface area contributed by atoms with Gasteiger partial charge < -0.3 is 4.90 Å². The van der Waals surface area contributed by atoms with Crippen molar-refractivity contribution in [1.82, 2.24) is 0 Å². The molecular formula is C15H21BrClN.